The molecule has 0 saturated heterocycles. The van der Waals surface area contributed by atoms with Gasteiger partial charge in [0.15, 0.2) is 5.69 Å². The highest BCUT2D eigenvalue weighted by Gasteiger charge is 2.25. The molecule has 0 aliphatic heterocycles. The van der Waals surface area contributed by atoms with Gasteiger partial charge in [0.25, 0.3) is 11.5 Å². The Kier molecular flexibility index (Phi) is 7.06. The number of rotatable bonds is 8. The van der Waals surface area contributed by atoms with E-state index in [0.29, 0.717) is 22.8 Å². The molecule has 0 atom stereocenters. The van der Waals surface area contributed by atoms with Crippen molar-refractivity contribution in [3.05, 3.63) is 86.0 Å². The van der Waals surface area contributed by atoms with Gasteiger partial charge < -0.3 is 10.6 Å². The summed E-state index contributed by atoms with van der Waals surface area (Å²) in [6.45, 7) is 1.92. The Morgan fingerprint density at radius 2 is 1.83 bits per heavy atom. The molecule has 0 aliphatic carbocycles. The maximum absolute atomic E-state index is 13.2. The minimum Gasteiger partial charge on any atom is -0.383 e. The first-order valence-corrected chi connectivity index (χ1v) is 11.3. The van der Waals surface area contributed by atoms with E-state index in [1.54, 1.807) is 24.3 Å². The standard InChI is InChI=1S/C23H23ClN8O3/c1-2-12-30(18(33)14-32-28-21(27-29-32)16-8-10-17(24)11-9-16)19-20(25)31(23(35)26-22(19)34)13-15-6-4-3-5-7-15/h3-11H,2,12-14,25H2,1H3,(H,26,34,35). The first-order valence-electron chi connectivity index (χ1n) is 10.9. The number of amides is 1. The zero-order valence-corrected chi connectivity index (χ0v) is 19.6. The number of nitrogen functional groups attached to an aromatic ring is 1. The Labute approximate surface area is 204 Å². The topological polar surface area (TPSA) is 145 Å². The van der Waals surface area contributed by atoms with Crippen LogP contribution in [0.5, 0.6) is 0 Å². The second kappa shape index (κ2) is 10.3. The largest absolute Gasteiger partial charge is 0.383 e. The Morgan fingerprint density at radius 1 is 1.11 bits per heavy atom. The monoisotopic (exact) mass is 494 g/mol. The fourth-order valence-corrected chi connectivity index (χ4v) is 3.70. The van der Waals surface area contributed by atoms with Crippen LogP contribution in [0.1, 0.15) is 18.9 Å². The van der Waals surface area contributed by atoms with Gasteiger partial charge in [-0.05, 0) is 41.5 Å². The van der Waals surface area contributed by atoms with Gasteiger partial charge in [0.05, 0.1) is 6.54 Å². The smallest absolute Gasteiger partial charge is 0.330 e. The average Bonchev–Trinajstić information content (AvgIpc) is 3.30. The third-order valence-electron chi connectivity index (χ3n) is 5.25. The predicted octanol–water partition coefficient (Wildman–Crippen LogP) is 1.92. The Bertz CT molecular complexity index is 1440. The number of tetrazole rings is 1. The van der Waals surface area contributed by atoms with Crippen molar-refractivity contribution in [2.24, 2.45) is 0 Å². The van der Waals surface area contributed by atoms with Gasteiger partial charge in [0.1, 0.15) is 12.4 Å². The second-order valence-electron chi connectivity index (χ2n) is 7.76. The molecule has 0 bridgehead atoms. The van der Waals surface area contributed by atoms with Crippen molar-refractivity contribution in [1.82, 2.24) is 29.8 Å². The molecule has 2 heterocycles. The summed E-state index contributed by atoms with van der Waals surface area (Å²) >= 11 is 5.92. The molecule has 4 rings (SSSR count). The van der Waals surface area contributed by atoms with Crippen molar-refractivity contribution in [2.45, 2.75) is 26.4 Å². The Hall–Kier alpha value is -4.25. The lowest BCUT2D eigenvalue weighted by atomic mass is 10.2. The molecule has 11 nitrogen and oxygen atoms in total. The van der Waals surface area contributed by atoms with Gasteiger partial charge in [-0.15, -0.1) is 10.2 Å². The number of carbonyl (C=O) groups is 1. The Morgan fingerprint density at radius 3 is 2.51 bits per heavy atom. The van der Waals surface area contributed by atoms with E-state index < -0.39 is 17.2 Å². The SMILES string of the molecule is CCCN(C(=O)Cn1nnc(-c2ccc(Cl)cc2)n1)c1c(N)n(Cc2ccccc2)c(=O)[nH]c1=O. The number of carbonyl (C=O) groups excluding carboxylic acids is 1. The number of aromatic amines is 1. The first-order chi connectivity index (χ1) is 16.9. The van der Waals surface area contributed by atoms with Gasteiger partial charge in [-0.3, -0.25) is 19.1 Å². The molecule has 35 heavy (non-hydrogen) atoms. The summed E-state index contributed by atoms with van der Waals surface area (Å²) < 4.78 is 1.23. The quantitative estimate of drug-likeness (QED) is 0.380. The van der Waals surface area contributed by atoms with E-state index in [1.807, 2.05) is 37.3 Å². The van der Waals surface area contributed by atoms with Crippen LogP contribution in [0.15, 0.2) is 64.2 Å². The number of hydrogen-bond donors (Lipinski definition) is 2. The molecular formula is C23H23ClN8O3. The van der Waals surface area contributed by atoms with E-state index in [9.17, 15) is 14.4 Å². The van der Waals surface area contributed by atoms with Crippen molar-refractivity contribution >= 4 is 29.0 Å². The molecule has 2 aromatic heterocycles. The van der Waals surface area contributed by atoms with Crippen molar-refractivity contribution < 1.29 is 4.79 Å². The number of halogens is 1. The van der Waals surface area contributed by atoms with Crippen LogP contribution in [0.4, 0.5) is 11.5 Å². The number of H-pyrrole nitrogens is 1. The second-order valence-corrected chi connectivity index (χ2v) is 8.20. The van der Waals surface area contributed by atoms with Gasteiger partial charge in [-0.25, -0.2) is 4.79 Å². The van der Waals surface area contributed by atoms with Crippen LogP contribution in [0.2, 0.25) is 5.02 Å². The van der Waals surface area contributed by atoms with Crippen LogP contribution in [0, 0.1) is 0 Å². The van der Waals surface area contributed by atoms with Gasteiger partial charge in [0.2, 0.25) is 5.82 Å². The lowest BCUT2D eigenvalue weighted by Crippen LogP contribution is -2.43. The molecule has 3 N–H and O–H groups in total. The van der Waals surface area contributed by atoms with Crippen molar-refractivity contribution in [1.29, 1.82) is 0 Å². The van der Waals surface area contributed by atoms with Gasteiger partial charge in [0, 0.05) is 17.1 Å². The summed E-state index contributed by atoms with van der Waals surface area (Å²) in [7, 11) is 0. The van der Waals surface area contributed by atoms with E-state index in [0.717, 1.165) is 10.4 Å². The predicted molar refractivity (Wildman–Crippen MR) is 132 cm³/mol. The molecule has 180 valence electrons. The molecule has 0 fully saturated rings. The molecule has 0 unspecified atom stereocenters. The van der Waals surface area contributed by atoms with Crippen LogP contribution >= 0.6 is 11.6 Å². The first kappa shape index (κ1) is 23.9. The highest BCUT2D eigenvalue weighted by Crippen LogP contribution is 2.20. The molecule has 0 saturated carbocycles. The van der Waals surface area contributed by atoms with Crippen molar-refractivity contribution in [2.75, 3.05) is 17.2 Å². The molecule has 0 radical (unpaired) electrons. The minimum absolute atomic E-state index is 0.0922. The van der Waals surface area contributed by atoms with Gasteiger partial charge in [-0.2, -0.15) is 4.80 Å². The molecule has 1 amide bonds. The van der Waals surface area contributed by atoms with E-state index in [2.05, 4.69) is 20.4 Å². The highest BCUT2D eigenvalue weighted by atomic mass is 35.5. The summed E-state index contributed by atoms with van der Waals surface area (Å²) in [4.78, 5) is 43.2. The number of aromatic nitrogens is 6. The summed E-state index contributed by atoms with van der Waals surface area (Å²) in [5.74, 6) is -0.253. The van der Waals surface area contributed by atoms with E-state index in [1.165, 1.54) is 9.47 Å². The minimum atomic E-state index is -0.744. The summed E-state index contributed by atoms with van der Waals surface area (Å²) in [5.41, 5.74) is 6.28. The molecule has 4 aromatic rings. The molecule has 0 spiro atoms. The van der Waals surface area contributed by atoms with E-state index >= 15 is 0 Å². The zero-order valence-electron chi connectivity index (χ0n) is 18.9. The van der Waals surface area contributed by atoms with E-state index in [-0.39, 0.29) is 31.1 Å². The molecule has 0 aliphatic rings. The highest BCUT2D eigenvalue weighted by molar-refractivity contribution is 6.30. The maximum Gasteiger partial charge on any atom is 0.330 e. The van der Waals surface area contributed by atoms with Crippen LogP contribution in [-0.4, -0.2) is 42.2 Å². The van der Waals surface area contributed by atoms with Crippen LogP contribution in [0.25, 0.3) is 11.4 Å². The number of hydrogen-bond acceptors (Lipinski definition) is 7. The molecule has 2 aromatic carbocycles. The van der Waals surface area contributed by atoms with E-state index in [4.69, 9.17) is 17.3 Å². The summed E-state index contributed by atoms with van der Waals surface area (Å²) in [5, 5.41) is 12.8. The third kappa shape index (κ3) is 5.30. The third-order valence-corrected chi connectivity index (χ3v) is 5.50. The van der Waals surface area contributed by atoms with Crippen LogP contribution < -0.4 is 21.9 Å². The number of nitrogens with two attached hydrogens (primary N) is 1. The fourth-order valence-electron chi connectivity index (χ4n) is 3.58. The molecular weight excluding hydrogens is 472 g/mol. The lowest BCUT2D eigenvalue weighted by Gasteiger charge is -2.23. The fraction of sp³-hybridized carbons (Fsp3) is 0.217. The van der Waals surface area contributed by atoms with Gasteiger partial charge in [-0.1, -0.05) is 48.9 Å². The number of nitrogens with zero attached hydrogens (tertiary/aromatic N) is 6. The number of benzene rings is 2. The summed E-state index contributed by atoms with van der Waals surface area (Å²) in [6.07, 6.45) is 0.545. The van der Waals surface area contributed by atoms with Gasteiger partial charge >= 0.3 is 5.69 Å². The zero-order chi connectivity index (χ0) is 24.9. The average molecular weight is 495 g/mol. The Balaban J connectivity index is 1.63. The normalized spacial score (nSPS) is 10.9. The molecule has 12 heteroatoms. The summed E-state index contributed by atoms with van der Waals surface area (Å²) in [6, 6.07) is 16.1. The van der Waals surface area contributed by atoms with Crippen LogP contribution in [0.3, 0.4) is 0 Å². The van der Waals surface area contributed by atoms with Crippen molar-refractivity contribution in [3.8, 4) is 11.4 Å². The lowest BCUT2D eigenvalue weighted by molar-refractivity contribution is -0.119. The maximum atomic E-state index is 13.2. The number of nitrogens with one attached hydrogen (secondary N) is 1. The van der Waals surface area contributed by atoms with Crippen molar-refractivity contribution in [3.63, 3.8) is 0 Å². The number of anilines is 2. The van der Waals surface area contributed by atoms with Crippen LogP contribution in [-0.2, 0) is 17.9 Å².